The van der Waals surface area contributed by atoms with Crippen LogP contribution in [-0.4, -0.2) is 27.2 Å². The molecule has 1 atom stereocenters. The van der Waals surface area contributed by atoms with E-state index in [0.717, 1.165) is 10.1 Å². The number of nitrogens with one attached hydrogen (secondary N) is 2. The summed E-state index contributed by atoms with van der Waals surface area (Å²) in [7, 11) is 0. The van der Waals surface area contributed by atoms with Crippen LogP contribution in [0.2, 0.25) is 5.02 Å². The van der Waals surface area contributed by atoms with Gasteiger partial charge < -0.3 is 20.0 Å². The molecule has 1 aromatic heterocycles. The number of fused-ring (bicyclic) bond motifs is 1. The molecule has 0 unspecified atom stereocenters. The van der Waals surface area contributed by atoms with Gasteiger partial charge in [-0.1, -0.05) is 17.7 Å². The summed E-state index contributed by atoms with van der Waals surface area (Å²) in [5, 5.41) is 15.5. The molecule has 3 N–H and O–H groups in total. The lowest BCUT2D eigenvalue weighted by Gasteiger charge is -2.12. The molecule has 0 radical (unpaired) electrons. The van der Waals surface area contributed by atoms with Crippen LogP contribution >= 0.6 is 11.6 Å². The van der Waals surface area contributed by atoms with Crippen molar-refractivity contribution in [1.82, 2.24) is 15.0 Å². The Labute approximate surface area is 174 Å². The number of halogens is 1. The maximum Gasteiger partial charge on any atom is 0.335 e. The second-order valence-corrected chi connectivity index (χ2v) is 7.26. The minimum absolute atomic E-state index is 0.0692. The highest BCUT2D eigenvalue weighted by molar-refractivity contribution is 6.30. The summed E-state index contributed by atoms with van der Waals surface area (Å²) >= 11 is 5.90. The number of aromatic nitrogens is 2. The molecule has 2 aromatic carbocycles. The van der Waals surface area contributed by atoms with E-state index in [1.165, 1.54) is 0 Å². The topological polar surface area (TPSA) is 118 Å². The lowest BCUT2D eigenvalue weighted by molar-refractivity contribution is 0.174. The van der Waals surface area contributed by atoms with E-state index in [1.54, 1.807) is 24.3 Å². The fourth-order valence-corrected chi connectivity index (χ4v) is 3.66. The quantitative estimate of drug-likeness (QED) is 0.590. The zero-order valence-electron chi connectivity index (χ0n) is 15.4. The second kappa shape index (κ2) is 6.96. The number of rotatable bonds is 3. The van der Waals surface area contributed by atoms with Crippen molar-refractivity contribution in [3.8, 4) is 23.1 Å². The molecule has 3 aromatic rings. The number of benzene rings is 2. The van der Waals surface area contributed by atoms with Gasteiger partial charge in [-0.3, -0.25) is 9.78 Å². The molecule has 30 heavy (non-hydrogen) atoms. The van der Waals surface area contributed by atoms with Gasteiger partial charge in [0.1, 0.15) is 5.56 Å². The molecule has 0 spiro atoms. The smallest absolute Gasteiger partial charge is 0.335 e. The zero-order valence-corrected chi connectivity index (χ0v) is 16.1. The highest BCUT2D eigenvalue weighted by Gasteiger charge is 2.28. The first-order chi connectivity index (χ1) is 14.5. The molecule has 0 aliphatic carbocycles. The molecule has 2 aliphatic heterocycles. The maximum atomic E-state index is 12.5. The molecular formula is C20H15ClN4O5. The molecule has 0 fully saturated rings. The van der Waals surface area contributed by atoms with Crippen molar-refractivity contribution in [2.75, 3.05) is 6.79 Å². The summed E-state index contributed by atoms with van der Waals surface area (Å²) in [6, 6.07) is 11.6. The van der Waals surface area contributed by atoms with Gasteiger partial charge in [-0.05, 0) is 42.0 Å². The summed E-state index contributed by atoms with van der Waals surface area (Å²) in [6.45, 7) is 0.175. The van der Waals surface area contributed by atoms with E-state index in [4.69, 9.17) is 21.1 Å². The third-order valence-electron chi connectivity index (χ3n) is 5.01. The summed E-state index contributed by atoms with van der Waals surface area (Å²) in [4.78, 5) is 27.1. The number of nitrogens with zero attached hydrogens (tertiary/aromatic N) is 2. The summed E-state index contributed by atoms with van der Waals surface area (Å²) in [5.41, 5.74) is 3.01. The Morgan fingerprint density at radius 1 is 1.10 bits per heavy atom. The molecule has 2 aliphatic rings. The molecule has 10 heteroatoms. The first-order valence-electron chi connectivity index (χ1n) is 9.07. The first-order valence-corrected chi connectivity index (χ1v) is 9.45. The lowest BCUT2D eigenvalue weighted by atomic mass is 9.99. The number of aromatic amines is 1. The van der Waals surface area contributed by atoms with Crippen LogP contribution in [0, 0.1) is 0 Å². The summed E-state index contributed by atoms with van der Waals surface area (Å²) in [5.74, 6) is 0.819. The third kappa shape index (κ3) is 3.00. The van der Waals surface area contributed by atoms with Gasteiger partial charge in [0.25, 0.3) is 5.56 Å². The fraction of sp³-hybridized carbons (Fsp3) is 0.150. The molecule has 0 saturated heterocycles. The van der Waals surface area contributed by atoms with Crippen molar-refractivity contribution < 1.29 is 14.6 Å². The lowest BCUT2D eigenvalue weighted by Crippen LogP contribution is -2.33. The molecule has 0 bridgehead atoms. The Morgan fingerprint density at radius 3 is 2.67 bits per heavy atom. The van der Waals surface area contributed by atoms with Crippen LogP contribution in [0.15, 0.2) is 57.2 Å². The van der Waals surface area contributed by atoms with Gasteiger partial charge in [0, 0.05) is 11.4 Å². The molecule has 9 nitrogen and oxygen atoms in total. The molecule has 152 valence electrons. The van der Waals surface area contributed by atoms with Crippen LogP contribution in [0.4, 0.5) is 0 Å². The number of hydrazone groups is 1. The van der Waals surface area contributed by atoms with Gasteiger partial charge in [-0.15, -0.1) is 0 Å². The fourth-order valence-electron chi connectivity index (χ4n) is 3.54. The number of hydrogen-bond acceptors (Lipinski definition) is 7. The average molecular weight is 427 g/mol. The van der Waals surface area contributed by atoms with Gasteiger partial charge in [0.05, 0.1) is 17.4 Å². The third-order valence-corrected chi connectivity index (χ3v) is 5.26. The molecular weight excluding hydrogens is 412 g/mol. The van der Waals surface area contributed by atoms with E-state index in [0.29, 0.717) is 34.3 Å². The van der Waals surface area contributed by atoms with Crippen LogP contribution in [0.25, 0.3) is 5.69 Å². The van der Waals surface area contributed by atoms with Crippen LogP contribution < -0.4 is 26.1 Å². The van der Waals surface area contributed by atoms with Gasteiger partial charge in [-0.25, -0.2) is 9.36 Å². The predicted molar refractivity (Wildman–Crippen MR) is 109 cm³/mol. The van der Waals surface area contributed by atoms with Gasteiger partial charge >= 0.3 is 5.69 Å². The van der Waals surface area contributed by atoms with Crippen LogP contribution in [0.5, 0.6) is 17.4 Å². The molecule has 0 saturated carbocycles. The molecule has 5 rings (SSSR count). The minimum Gasteiger partial charge on any atom is -0.493 e. The van der Waals surface area contributed by atoms with E-state index >= 15 is 0 Å². The van der Waals surface area contributed by atoms with E-state index in [2.05, 4.69) is 15.5 Å². The normalized spacial score (nSPS) is 17.0. The van der Waals surface area contributed by atoms with Crippen molar-refractivity contribution >= 4 is 17.3 Å². The number of aromatic hydroxyl groups is 1. The number of ether oxygens (including phenoxy) is 2. The second-order valence-electron chi connectivity index (χ2n) is 6.83. The van der Waals surface area contributed by atoms with E-state index in [1.807, 2.05) is 18.2 Å². The Morgan fingerprint density at radius 2 is 1.87 bits per heavy atom. The van der Waals surface area contributed by atoms with E-state index in [-0.39, 0.29) is 18.4 Å². The minimum atomic E-state index is -0.762. The van der Waals surface area contributed by atoms with E-state index in [9.17, 15) is 14.7 Å². The van der Waals surface area contributed by atoms with Crippen LogP contribution in [-0.2, 0) is 0 Å². The van der Waals surface area contributed by atoms with Crippen molar-refractivity contribution in [3.63, 3.8) is 0 Å². The largest absolute Gasteiger partial charge is 0.493 e. The number of H-pyrrole nitrogens is 1. The molecule has 0 amide bonds. The highest BCUT2D eigenvalue weighted by Crippen LogP contribution is 2.36. The van der Waals surface area contributed by atoms with Gasteiger partial charge in [0.15, 0.2) is 11.5 Å². The van der Waals surface area contributed by atoms with Crippen LogP contribution in [0.1, 0.15) is 23.6 Å². The summed E-state index contributed by atoms with van der Waals surface area (Å²) < 4.78 is 11.7. The van der Waals surface area contributed by atoms with Crippen molar-refractivity contribution in [2.24, 2.45) is 5.10 Å². The maximum absolute atomic E-state index is 12.5. The Balaban J connectivity index is 1.50. The SMILES string of the molecule is O=c1[nH]c(=O)n(-c2ccc(Cl)cc2)c(O)c1C1=NN[C@H](c2ccc3c(c2)OCO3)C1. The zero-order chi connectivity index (χ0) is 20.8. The Hall–Kier alpha value is -3.72. The Kier molecular flexibility index (Phi) is 4.25. The molecule has 3 heterocycles. The van der Waals surface area contributed by atoms with Crippen molar-refractivity contribution in [2.45, 2.75) is 12.5 Å². The van der Waals surface area contributed by atoms with Crippen LogP contribution in [0.3, 0.4) is 0 Å². The average Bonchev–Trinajstić information content (AvgIpc) is 3.38. The Bertz CT molecular complexity index is 1300. The first kappa shape index (κ1) is 18.3. The predicted octanol–water partition coefficient (Wildman–Crippen LogP) is 2.05. The standard InChI is InChI=1S/C20H15ClN4O5/c21-11-2-4-12(5-3-11)25-19(27)17(18(26)22-20(25)28)14-8-13(23-24-14)10-1-6-15-16(7-10)30-9-29-15/h1-7,13,23,27H,8-9H2,(H,22,26,28)/t13-/m0/s1. The number of hydrogen-bond donors (Lipinski definition) is 3. The van der Waals surface area contributed by atoms with E-state index < -0.39 is 17.1 Å². The van der Waals surface area contributed by atoms with Crippen molar-refractivity contribution in [1.29, 1.82) is 0 Å². The highest BCUT2D eigenvalue weighted by atomic mass is 35.5. The van der Waals surface area contributed by atoms with Gasteiger partial charge in [0.2, 0.25) is 12.7 Å². The van der Waals surface area contributed by atoms with Crippen molar-refractivity contribution in [3.05, 3.63) is 79.5 Å². The summed E-state index contributed by atoms with van der Waals surface area (Å²) in [6.07, 6.45) is 0.328. The van der Waals surface area contributed by atoms with Gasteiger partial charge in [-0.2, -0.15) is 5.10 Å². The monoisotopic (exact) mass is 426 g/mol.